The summed E-state index contributed by atoms with van der Waals surface area (Å²) in [7, 11) is -4.08. The first-order valence-corrected chi connectivity index (χ1v) is 17.5. The Bertz CT molecular complexity index is 2100. The second-order valence-corrected chi connectivity index (χ2v) is 14.8. The topological polar surface area (TPSA) is 120 Å². The molecule has 2 atom stereocenters. The van der Waals surface area contributed by atoms with E-state index in [9.17, 15) is 17.6 Å². The van der Waals surface area contributed by atoms with Gasteiger partial charge >= 0.3 is 5.97 Å². The van der Waals surface area contributed by atoms with Gasteiger partial charge in [0.05, 0.1) is 23.6 Å². The number of aryl methyl sites for hydroxylation is 1. The number of carbonyl (C=O) groups is 1. The fraction of sp³-hybridized carbons (Fsp3) is 0.412. The van der Waals surface area contributed by atoms with Gasteiger partial charge in [-0.1, -0.05) is 17.7 Å². The van der Waals surface area contributed by atoms with Crippen molar-refractivity contribution in [2.45, 2.75) is 69.2 Å². The predicted octanol–water partition coefficient (Wildman–Crippen LogP) is 6.09. The molecule has 10 nitrogen and oxygen atoms in total. The zero-order valence-corrected chi connectivity index (χ0v) is 26.5. The smallest absolute Gasteiger partial charge is 0.311 e. The van der Waals surface area contributed by atoms with Crippen LogP contribution in [0.5, 0.6) is 0 Å². The molecular weight excluding hydrogens is 607 g/mol. The van der Waals surface area contributed by atoms with Gasteiger partial charge in [0.2, 0.25) is 0 Å². The second kappa shape index (κ2) is 10.9. The maximum Gasteiger partial charge on any atom is 0.311 e. The SMILES string of the molecule is CCOC(=O)C1C2CCC(CC2)C1Nc1nc(-c2cn(S(=O)(=O)c3ccc(C)cc3)c3ncc(F)cc23)nn2cc(C3CC3)cc12. The van der Waals surface area contributed by atoms with E-state index in [4.69, 9.17) is 14.8 Å². The van der Waals surface area contributed by atoms with Gasteiger partial charge in [-0.2, -0.15) is 0 Å². The van der Waals surface area contributed by atoms with Crippen molar-refractivity contribution in [1.29, 1.82) is 0 Å². The Hall–Kier alpha value is -4.32. The van der Waals surface area contributed by atoms with Gasteiger partial charge in [0.25, 0.3) is 10.0 Å². The third-order valence-electron chi connectivity index (χ3n) is 10.0. The molecule has 9 rings (SSSR count). The maximum absolute atomic E-state index is 14.7. The maximum atomic E-state index is 14.7. The summed E-state index contributed by atoms with van der Waals surface area (Å²) in [4.78, 5) is 22.5. The van der Waals surface area contributed by atoms with Crippen LogP contribution in [0, 0.1) is 30.5 Å². The minimum atomic E-state index is -4.08. The van der Waals surface area contributed by atoms with Crippen LogP contribution in [0.1, 0.15) is 62.5 Å². The third kappa shape index (κ3) is 4.85. The van der Waals surface area contributed by atoms with E-state index in [1.165, 1.54) is 12.3 Å². The first kappa shape index (κ1) is 29.1. The number of carbonyl (C=O) groups excluding carboxylic acids is 1. The van der Waals surface area contributed by atoms with Crippen molar-refractivity contribution in [3.8, 4) is 11.4 Å². The number of rotatable bonds is 8. The fourth-order valence-electron chi connectivity index (χ4n) is 7.51. The van der Waals surface area contributed by atoms with Crippen molar-refractivity contribution in [3.63, 3.8) is 0 Å². The Kier molecular flexibility index (Phi) is 6.89. The lowest BCUT2D eigenvalue weighted by Crippen LogP contribution is -2.52. The van der Waals surface area contributed by atoms with Gasteiger partial charge in [0.15, 0.2) is 17.3 Å². The highest BCUT2D eigenvalue weighted by Gasteiger charge is 2.48. The molecule has 4 heterocycles. The number of aromatic nitrogens is 5. The summed E-state index contributed by atoms with van der Waals surface area (Å²) in [5.74, 6) is 0.680. The minimum Gasteiger partial charge on any atom is -0.466 e. The van der Waals surface area contributed by atoms with E-state index in [0.29, 0.717) is 23.9 Å². The van der Waals surface area contributed by atoms with Crippen molar-refractivity contribution in [1.82, 2.24) is 23.6 Å². The highest BCUT2D eigenvalue weighted by atomic mass is 32.2. The molecule has 4 aliphatic rings. The average Bonchev–Trinajstić information content (AvgIpc) is 3.69. The van der Waals surface area contributed by atoms with Crippen LogP contribution in [0.3, 0.4) is 0 Å². The Balaban J connectivity index is 1.29. The molecule has 1 aromatic carbocycles. The molecule has 0 saturated heterocycles. The van der Waals surface area contributed by atoms with Gasteiger partial charge in [-0.3, -0.25) is 4.79 Å². The van der Waals surface area contributed by atoms with Crippen LogP contribution in [0.25, 0.3) is 27.9 Å². The molecule has 4 fully saturated rings. The Labute approximate surface area is 266 Å². The molecule has 2 bridgehead atoms. The molecule has 4 aromatic heterocycles. The van der Waals surface area contributed by atoms with Crippen LogP contribution in [0.2, 0.25) is 0 Å². The Morgan fingerprint density at radius 2 is 1.78 bits per heavy atom. The molecule has 4 aliphatic carbocycles. The number of fused-ring (bicyclic) bond motifs is 5. The number of pyridine rings is 1. The summed E-state index contributed by atoms with van der Waals surface area (Å²) < 4.78 is 50.8. The van der Waals surface area contributed by atoms with Crippen LogP contribution in [0.15, 0.2) is 59.9 Å². The lowest BCUT2D eigenvalue weighted by atomic mass is 9.61. The molecule has 238 valence electrons. The first-order valence-electron chi connectivity index (χ1n) is 16.0. The van der Waals surface area contributed by atoms with Crippen LogP contribution in [0.4, 0.5) is 10.2 Å². The highest BCUT2D eigenvalue weighted by Crippen LogP contribution is 2.47. The molecule has 2 unspecified atom stereocenters. The van der Waals surface area contributed by atoms with Crippen LogP contribution < -0.4 is 5.32 Å². The summed E-state index contributed by atoms with van der Waals surface area (Å²) in [5.41, 5.74) is 3.26. The van der Waals surface area contributed by atoms with E-state index >= 15 is 0 Å². The molecule has 46 heavy (non-hydrogen) atoms. The summed E-state index contributed by atoms with van der Waals surface area (Å²) >= 11 is 0. The predicted molar refractivity (Wildman–Crippen MR) is 170 cm³/mol. The van der Waals surface area contributed by atoms with Crippen molar-refractivity contribution in [3.05, 3.63) is 71.9 Å². The largest absolute Gasteiger partial charge is 0.466 e. The molecular formula is C34H35FN6O4S. The standard InChI is InChI=1S/C34H35FN6O4S/c1-3-45-34(42)29-21-8-10-22(11-9-21)30(29)37-32-28-14-23(20-6-7-20)17-40(28)39-31(38-32)27-18-41(33-26(27)15-24(35)16-36-33)46(43,44)25-12-4-19(2)5-13-25/h4-5,12-18,20-22,29-30H,3,6-11H2,1-2H3,(H,37,38,39). The molecule has 1 N–H and O–H groups in total. The number of nitrogens with one attached hydrogen (secondary N) is 1. The molecule has 12 heteroatoms. The van der Waals surface area contributed by atoms with Crippen LogP contribution in [-0.4, -0.2) is 50.6 Å². The van der Waals surface area contributed by atoms with Gasteiger partial charge in [0.1, 0.15) is 11.3 Å². The first-order chi connectivity index (χ1) is 22.2. The number of nitrogens with zero attached hydrogens (tertiary/aromatic N) is 5. The summed E-state index contributed by atoms with van der Waals surface area (Å²) in [6.45, 7) is 4.03. The Morgan fingerprint density at radius 3 is 2.50 bits per heavy atom. The number of ether oxygens (including phenoxy) is 1. The number of hydrogen-bond acceptors (Lipinski definition) is 8. The average molecular weight is 643 g/mol. The summed E-state index contributed by atoms with van der Waals surface area (Å²) in [6.07, 6.45) is 10.7. The van der Waals surface area contributed by atoms with E-state index in [1.54, 1.807) is 28.8 Å². The molecule has 0 radical (unpaired) electrons. The van der Waals surface area contributed by atoms with Gasteiger partial charge in [-0.15, -0.1) is 5.10 Å². The van der Waals surface area contributed by atoms with E-state index in [2.05, 4.69) is 16.4 Å². The van der Waals surface area contributed by atoms with Gasteiger partial charge in [-0.25, -0.2) is 31.3 Å². The van der Waals surface area contributed by atoms with Crippen LogP contribution >= 0.6 is 0 Å². The van der Waals surface area contributed by atoms with Crippen molar-refractivity contribution >= 4 is 38.4 Å². The quantitative estimate of drug-likeness (QED) is 0.202. The third-order valence-corrected chi connectivity index (χ3v) is 11.7. The molecule has 0 spiro atoms. The molecule has 5 aromatic rings. The molecule has 0 aliphatic heterocycles. The van der Waals surface area contributed by atoms with E-state index in [0.717, 1.165) is 65.3 Å². The highest BCUT2D eigenvalue weighted by molar-refractivity contribution is 7.90. The lowest BCUT2D eigenvalue weighted by molar-refractivity contribution is -0.154. The summed E-state index contributed by atoms with van der Waals surface area (Å²) in [5, 5.41) is 8.78. The zero-order valence-electron chi connectivity index (χ0n) is 25.7. The normalized spacial score (nSPS) is 22.8. The van der Waals surface area contributed by atoms with Gasteiger partial charge in [0, 0.05) is 29.4 Å². The fourth-order valence-corrected chi connectivity index (χ4v) is 8.84. The van der Waals surface area contributed by atoms with E-state index in [1.807, 2.05) is 20.0 Å². The molecule has 0 amide bonds. The Morgan fingerprint density at radius 1 is 1.04 bits per heavy atom. The summed E-state index contributed by atoms with van der Waals surface area (Å²) in [6, 6.07) is 9.74. The van der Waals surface area contributed by atoms with Gasteiger partial charge in [-0.05, 0) is 100.0 Å². The number of benzene rings is 1. The van der Waals surface area contributed by atoms with E-state index in [-0.39, 0.29) is 51.5 Å². The zero-order chi connectivity index (χ0) is 31.7. The van der Waals surface area contributed by atoms with Crippen molar-refractivity contribution in [2.24, 2.45) is 17.8 Å². The number of halogens is 1. The second-order valence-electron chi connectivity index (χ2n) is 13.0. The lowest BCUT2D eigenvalue weighted by Gasteiger charge is -2.47. The van der Waals surface area contributed by atoms with Crippen LogP contribution in [-0.2, 0) is 19.6 Å². The van der Waals surface area contributed by atoms with Gasteiger partial charge < -0.3 is 10.1 Å². The molecule has 4 saturated carbocycles. The number of hydrogen-bond donors (Lipinski definition) is 1. The number of anilines is 1. The van der Waals surface area contributed by atoms with E-state index < -0.39 is 15.8 Å². The minimum absolute atomic E-state index is 0.0772. The number of esters is 1. The monoisotopic (exact) mass is 642 g/mol. The van der Waals surface area contributed by atoms with Crippen molar-refractivity contribution < 1.29 is 22.3 Å². The van der Waals surface area contributed by atoms with Crippen molar-refractivity contribution in [2.75, 3.05) is 11.9 Å².